The molecule has 1 fully saturated rings. The summed E-state index contributed by atoms with van der Waals surface area (Å²) in [6, 6.07) is 6.25. The highest BCUT2D eigenvalue weighted by Crippen LogP contribution is 2.31. The number of rotatable bonds is 13. The highest BCUT2D eigenvalue weighted by atomic mass is 32.1. The van der Waals surface area contributed by atoms with E-state index in [0.717, 1.165) is 40.9 Å². The molecular weight excluding hydrogens is 496 g/mol. The third-order valence-corrected chi connectivity index (χ3v) is 8.82. The molecule has 1 aliphatic carbocycles. The van der Waals surface area contributed by atoms with Crippen LogP contribution in [0.25, 0.3) is 10.2 Å². The van der Waals surface area contributed by atoms with E-state index in [1.807, 2.05) is 13.0 Å². The van der Waals surface area contributed by atoms with Crippen LogP contribution < -0.4 is 5.32 Å². The molecule has 8 heteroatoms. The highest BCUT2D eigenvalue weighted by Gasteiger charge is 2.30. The number of hydrogen-bond acceptors (Lipinski definition) is 6. The Morgan fingerprint density at radius 1 is 1.16 bits per heavy atom. The van der Waals surface area contributed by atoms with Crippen molar-refractivity contribution >= 4 is 39.0 Å². The van der Waals surface area contributed by atoms with Gasteiger partial charge in [0.25, 0.3) is 0 Å². The molecule has 38 heavy (non-hydrogen) atoms. The van der Waals surface area contributed by atoms with Gasteiger partial charge >= 0.3 is 0 Å². The normalized spacial score (nSPS) is 16.0. The van der Waals surface area contributed by atoms with Gasteiger partial charge in [-0.25, -0.2) is 9.97 Å². The number of aromatic nitrogens is 3. The molecule has 4 rings (SSSR count). The third kappa shape index (κ3) is 7.37. The molecule has 2 N–H and O–H groups in total. The van der Waals surface area contributed by atoms with Crippen LogP contribution in [0.2, 0.25) is 0 Å². The number of H-pyrrole nitrogens is 1. The minimum Gasteiger partial charge on any atom is -0.353 e. The molecule has 2 aromatic heterocycles. The Hall–Kier alpha value is -2.87. The van der Waals surface area contributed by atoms with E-state index in [9.17, 15) is 14.4 Å². The van der Waals surface area contributed by atoms with Gasteiger partial charge in [0.1, 0.15) is 5.78 Å². The summed E-state index contributed by atoms with van der Waals surface area (Å²) in [6.45, 7) is 6.18. The van der Waals surface area contributed by atoms with Crippen LogP contribution >= 0.6 is 11.3 Å². The van der Waals surface area contributed by atoms with E-state index in [4.69, 9.17) is 4.98 Å². The maximum atomic E-state index is 13.7. The summed E-state index contributed by atoms with van der Waals surface area (Å²) in [5.74, 6) is 0.600. The van der Waals surface area contributed by atoms with Gasteiger partial charge in [0.2, 0.25) is 5.91 Å². The molecule has 0 spiro atoms. The van der Waals surface area contributed by atoms with Crippen molar-refractivity contribution in [3.05, 3.63) is 47.0 Å². The van der Waals surface area contributed by atoms with Crippen molar-refractivity contribution < 1.29 is 14.4 Å². The maximum absolute atomic E-state index is 13.7. The van der Waals surface area contributed by atoms with Crippen LogP contribution in [-0.2, 0) is 16.0 Å². The van der Waals surface area contributed by atoms with Crippen LogP contribution in [-0.4, -0.2) is 38.5 Å². The summed E-state index contributed by atoms with van der Waals surface area (Å²) in [7, 11) is 0. The van der Waals surface area contributed by atoms with E-state index in [-0.39, 0.29) is 29.9 Å². The van der Waals surface area contributed by atoms with Crippen LogP contribution in [0.5, 0.6) is 0 Å². The number of fused-ring (bicyclic) bond motifs is 1. The fourth-order valence-electron chi connectivity index (χ4n) is 5.41. The Labute approximate surface area is 229 Å². The predicted octanol–water partition coefficient (Wildman–Crippen LogP) is 6.40. The van der Waals surface area contributed by atoms with Gasteiger partial charge in [-0.3, -0.25) is 14.4 Å². The second-order valence-corrected chi connectivity index (χ2v) is 12.0. The molecule has 1 saturated carbocycles. The molecule has 204 valence electrons. The molecule has 0 radical (unpaired) electrons. The first kappa shape index (κ1) is 28.1. The van der Waals surface area contributed by atoms with E-state index in [1.165, 1.54) is 12.0 Å². The van der Waals surface area contributed by atoms with Gasteiger partial charge in [0, 0.05) is 44.1 Å². The summed E-state index contributed by atoms with van der Waals surface area (Å²) in [5, 5.41) is 4.18. The monoisotopic (exact) mass is 536 g/mol. The number of nitrogens with one attached hydrogen (secondary N) is 2. The molecule has 0 aliphatic heterocycles. The van der Waals surface area contributed by atoms with Gasteiger partial charge in [-0.2, -0.15) is 0 Å². The molecule has 1 aromatic carbocycles. The zero-order chi connectivity index (χ0) is 27.1. The summed E-state index contributed by atoms with van der Waals surface area (Å²) < 4.78 is 1.11. The quantitative estimate of drug-likeness (QED) is 0.246. The minimum atomic E-state index is -0.473. The van der Waals surface area contributed by atoms with Gasteiger partial charge in [-0.05, 0) is 48.8 Å². The SMILES string of the molecule is CCC(=O)C[C@@H](Cc1nc2ccc(C(C)C)cc2s1)C(=O)N[C@H](CCC(=O)c1ncc[nH]1)C1CCCCC1. The number of carbonyl (C=O) groups excluding carboxylic acids is 3. The second-order valence-electron chi connectivity index (χ2n) is 10.9. The summed E-state index contributed by atoms with van der Waals surface area (Å²) >= 11 is 1.61. The van der Waals surface area contributed by atoms with Crippen LogP contribution in [0, 0.1) is 11.8 Å². The Morgan fingerprint density at radius 3 is 2.63 bits per heavy atom. The van der Waals surface area contributed by atoms with Gasteiger partial charge in [0.05, 0.1) is 21.1 Å². The number of carbonyl (C=O) groups is 3. The first-order chi connectivity index (χ1) is 18.3. The number of aromatic amines is 1. The molecule has 0 saturated heterocycles. The fourth-order valence-corrected chi connectivity index (χ4v) is 6.50. The van der Waals surface area contributed by atoms with E-state index < -0.39 is 5.92 Å². The van der Waals surface area contributed by atoms with E-state index in [1.54, 1.807) is 23.7 Å². The van der Waals surface area contributed by atoms with Crippen LogP contribution in [0.1, 0.15) is 106 Å². The van der Waals surface area contributed by atoms with Crippen molar-refractivity contribution in [2.75, 3.05) is 0 Å². The molecule has 2 atom stereocenters. The summed E-state index contributed by atoms with van der Waals surface area (Å²) in [5.41, 5.74) is 2.20. The van der Waals surface area contributed by atoms with Crippen molar-refractivity contribution in [3.63, 3.8) is 0 Å². The summed E-state index contributed by atoms with van der Waals surface area (Å²) in [6.07, 6.45) is 10.8. The first-order valence-electron chi connectivity index (χ1n) is 14.1. The molecule has 7 nitrogen and oxygen atoms in total. The Kier molecular flexibility index (Phi) is 9.83. The van der Waals surface area contributed by atoms with E-state index in [2.05, 4.69) is 41.3 Å². The van der Waals surface area contributed by atoms with Gasteiger partial charge < -0.3 is 10.3 Å². The Morgan fingerprint density at radius 2 is 1.95 bits per heavy atom. The topological polar surface area (TPSA) is 105 Å². The molecule has 1 aliphatic rings. The largest absolute Gasteiger partial charge is 0.353 e. The number of ketones is 2. The lowest BCUT2D eigenvalue weighted by Crippen LogP contribution is -2.45. The number of imidazole rings is 1. The van der Waals surface area contributed by atoms with E-state index >= 15 is 0 Å². The standard InChI is InChI=1S/C30H40N4O3S/c1-4-23(35)16-22(18-28-33-25-11-10-21(19(2)3)17-27(25)38-28)30(37)34-24(20-8-6-5-7-9-20)12-13-26(36)29-31-14-15-32-29/h10-11,14-15,17,19-20,22,24H,4-9,12-13,16,18H2,1-3H3,(H,31,32)(H,34,37)/t22-,24+/m0/s1. The lowest BCUT2D eigenvalue weighted by atomic mass is 9.81. The number of amides is 1. The fraction of sp³-hybridized carbons (Fsp3) is 0.567. The molecule has 0 bridgehead atoms. The van der Waals surface area contributed by atoms with Crippen LogP contribution in [0.15, 0.2) is 30.6 Å². The zero-order valence-electron chi connectivity index (χ0n) is 22.8. The van der Waals surface area contributed by atoms with Crippen molar-refractivity contribution in [1.82, 2.24) is 20.3 Å². The molecule has 1 amide bonds. The Balaban J connectivity index is 1.49. The van der Waals surface area contributed by atoms with Crippen molar-refractivity contribution in [3.8, 4) is 0 Å². The van der Waals surface area contributed by atoms with Gasteiger partial charge in [-0.1, -0.05) is 46.1 Å². The average molecular weight is 537 g/mol. The molecule has 3 aromatic rings. The first-order valence-corrected chi connectivity index (χ1v) is 14.9. The number of thiazole rings is 1. The van der Waals surface area contributed by atoms with Crippen molar-refractivity contribution in [2.24, 2.45) is 11.8 Å². The van der Waals surface area contributed by atoms with E-state index in [0.29, 0.717) is 43.3 Å². The lowest BCUT2D eigenvalue weighted by Gasteiger charge is -2.32. The maximum Gasteiger partial charge on any atom is 0.224 e. The Bertz CT molecular complexity index is 1230. The second kappa shape index (κ2) is 13.3. The third-order valence-electron chi connectivity index (χ3n) is 7.77. The lowest BCUT2D eigenvalue weighted by molar-refractivity contribution is -0.130. The number of nitrogens with zero attached hydrogens (tertiary/aromatic N) is 2. The zero-order valence-corrected chi connectivity index (χ0v) is 23.6. The minimum absolute atomic E-state index is 0.0435. The van der Waals surface area contributed by atoms with Gasteiger partial charge in [0.15, 0.2) is 11.6 Å². The average Bonchev–Trinajstić information content (AvgIpc) is 3.60. The summed E-state index contributed by atoms with van der Waals surface area (Å²) in [4.78, 5) is 50.6. The number of benzene rings is 1. The highest BCUT2D eigenvalue weighted by molar-refractivity contribution is 7.18. The molecular formula is C30H40N4O3S. The number of hydrogen-bond donors (Lipinski definition) is 2. The van der Waals surface area contributed by atoms with Gasteiger partial charge in [-0.15, -0.1) is 11.3 Å². The van der Waals surface area contributed by atoms with Crippen molar-refractivity contribution in [1.29, 1.82) is 0 Å². The van der Waals surface area contributed by atoms with Crippen molar-refractivity contribution in [2.45, 2.75) is 96.9 Å². The number of Topliss-reactive ketones (excluding diaryl/α,β-unsaturated/α-hetero) is 2. The molecule has 0 unspecified atom stereocenters. The van der Waals surface area contributed by atoms with Crippen LogP contribution in [0.3, 0.4) is 0 Å². The molecule has 2 heterocycles. The predicted molar refractivity (Wildman–Crippen MR) is 151 cm³/mol. The van der Waals surface area contributed by atoms with Crippen LogP contribution in [0.4, 0.5) is 0 Å². The smallest absolute Gasteiger partial charge is 0.224 e.